The molecule has 1 aliphatic rings. The Labute approximate surface area is 112 Å². The van der Waals surface area contributed by atoms with Gasteiger partial charge in [-0.05, 0) is 36.9 Å². The van der Waals surface area contributed by atoms with Crippen LogP contribution in [0, 0.1) is 0 Å². The molecule has 0 saturated heterocycles. The Kier molecular flexibility index (Phi) is 4.55. The number of nitrogens with zero attached hydrogens (tertiary/aromatic N) is 1. The summed E-state index contributed by atoms with van der Waals surface area (Å²) in [5, 5.41) is 3.43. The summed E-state index contributed by atoms with van der Waals surface area (Å²) in [5.41, 5.74) is 2.41. The van der Waals surface area contributed by atoms with Crippen LogP contribution in [-0.2, 0) is 13.0 Å². The van der Waals surface area contributed by atoms with Crippen LogP contribution in [0.4, 0.5) is 13.2 Å². The molecule has 0 aromatic carbocycles. The lowest BCUT2D eigenvalue weighted by molar-refractivity contribution is -0.136. The van der Waals surface area contributed by atoms with Crippen LogP contribution in [0.3, 0.4) is 0 Å². The van der Waals surface area contributed by atoms with Crippen molar-refractivity contribution in [2.24, 2.45) is 0 Å². The second-order valence-corrected chi connectivity index (χ2v) is 5.20. The highest BCUT2D eigenvalue weighted by Crippen LogP contribution is 2.30. The molecule has 1 unspecified atom stereocenters. The Hall–Kier alpha value is -0.970. The molecule has 1 aliphatic carbocycles. The predicted molar refractivity (Wildman–Crippen MR) is 69.1 cm³/mol. The second kappa shape index (κ2) is 5.99. The van der Waals surface area contributed by atoms with E-state index in [1.165, 1.54) is 17.5 Å². The zero-order chi connectivity index (χ0) is 13.9. The molecule has 1 N–H and O–H groups in total. The van der Waals surface area contributed by atoms with Gasteiger partial charge in [-0.3, -0.25) is 0 Å². The number of aromatic nitrogens is 1. The van der Waals surface area contributed by atoms with Gasteiger partial charge in [0, 0.05) is 25.0 Å². The maximum Gasteiger partial charge on any atom is 0.390 e. The van der Waals surface area contributed by atoms with E-state index in [4.69, 9.17) is 0 Å². The number of aryl methyl sites for hydroxylation is 2. The number of fused-ring (bicyclic) bond motifs is 1. The first-order valence-electron chi connectivity index (χ1n) is 6.98. The van der Waals surface area contributed by atoms with Crippen molar-refractivity contribution in [2.45, 2.75) is 57.8 Å². The Morgan fingerprint density at radius 2 is 2.11 bits per heavy atom. The molecule has 19 heavy (non-hydrogen) atoms. The van der Waals surface area contributed by atoms with Gasteiger partial charge in [-0.1, -0.05) is 13.3 Å². The Balaban J connectivity index is 2.11. The highest BCUT2D eigenvalue weighted by Gasteiger charge is 2.27. The molecule has 0 aliphatic heterocycles. The van der Waals surface area contributed by atoms with Crippen molar-refractivity contribution in [2.75, 3.05) is 6.54 Å². The van der Waals surface area contributed by atoms with Gasteiger partial charge < -0.3 is 9.88 Å². The summed E-state index contributed by atoms with van der Waals surface area (Å²) in [6.45, 7) is 2.97. The minimum absolute atomic E-state index is 0.0232. The SMILES string of the molecule is CCNC1CCCCc2cn(CCC(F)(F)F)cc21. The van der Waals surface area contributed by atoms with Crippen molar-refractivity contribution in [1.29, 1.82) is 0 Å². The third-order valence-electron chi connectivity index (χ3n) is 3.67. The molecule has 1 heterocycles. The Morgan fingerprint density at radius 1 is 1.32 bits per heavy atom. The maximum absolute atomic E-state index is 12.3. The van der Waals surface area contributed by atoms with E-state index in [1.807, 2.05) is 12.4 Å². The van der Waals surface area contributed by atoms with Gasteiger partial charge in [0.15, 0.2) is 0 Å². The van der Waals surface area contributed by atoms with Gasteiger partial charge in [0.05, 0.1) is 6.42 Å². The van der Waals surface area contributed by atoms with Crippen LogP contribution in [-0.4, -0.2) is 17.3 Å². The van der Waals surface area contributed by atoms with Crippen LogP contribution in [0.2, 0.25) is 0 Å². The lowest BCUT2D eigenvalue weighted by Crippen LogP contribution is -2.20. The molecule has 5 heteroatoms. The van der Waals surface area contributed by atoms with Crippen LogP contribution in [0.5, 0.6) is 0 Å². The minimum Gasteiger partial charge on any atom is -0.353 e. The molecule has 1 aromatic heterocycles. The molecule has 2 rings (SSSR count). The van der Waals surface area contributed by atoms with E-state index in [9.17, 15) is 13.2 Å². The average molecular weight is 274 g/mol. The van der Waals surface area contributed by atoms with E-state index in [1.54, 1.807) is 4.57 Å². The molecule has 0 saturated carbocycles. The third kappa shape index (κ3) is 4.00. The van der Waals surface area contributed by atoms with E-state index in [0.717, 1.165) is 25.8 Å². The fourth-order valence-electron chi connectivity index (χ4n) is 2.76. The molecule has 1 aromatic rings. The van der Waals surface area contributed by atoms with Gasteiger partial charge in [0.1, 0.15) is 0 Å². The van der Waals surface area contributed by atoms with E-state index in [0.29, 0.717) is 6.04 Å². The van der Waals surface area contributed by atoms with E-state index in [2.05, 4.69) is 12.2 Å². The van der Waals surface area contributed by atoms with Crippen molar-refractivity contribution in [3.05, 3.63) is 23.5 Å². The first-order chi connectivity index (χ1) is 8.99. The minimum atomic E-state index is -4.08. The number of hydrogen-bond donors (Lipinski definition) is 1. The quantitative estimate of drug-likeness (QED) is 0.826. The number of rotatable bonds is 4. The van der Waals surface area contributed by atoms with Crippen molar-refractivity contribution in [3.63, 3.8) is 0 Å². The number of alkyl halides is 3. The molecular weight excluding hydrogens is 253 g/mol. The molecule has 0 fully saturated rings. The first kappa shape index (κ1) is 14.4. The van der Waals surface area contributed by atoms with Crippen LogP contribution in [0.1, 0.15) is 49.8 Å². The molecule has 108 valence electrons. The van der Waals surface area contributed by atoms with E-state index in [-0.39, 0.29) is 6.54 Å². The normalized spacial score (nSPS) is 20.1. The molecule has 0 radical (unpaired) electrons. The maximum atomic E-state index is 12.3. The van der Waals surface area contributed by atoms with E-state index >= 15 is 0 Å². The summed E-state index contributed by atoms with van der Waals surface area (Å²) >= 11 is 0. The van der Waals surface area contributed by atoms with Crippen LogP contribution in [0.25, 0.3) is 0 Å². The van der Waals surface area contributed by atoms with Crippen molar-refractivity contribution < 1.29 is 13.2 Å². The molecule has 1 atom stereocenters. The first-order valence-corrected chi connectivity index (χ1v) is 6.98. The zero-order valence-corrected chi connectivity index (χ0v) is 11.3. The summed E-state index contributed by atoms with van der Waals surface area (Å²) in [6.07, 6.45) is 3.32. The van der Waals surface area contributed by atoms with Crippen molar-refractivity contribution in [1.82, 2.24) is 9.88 Å². The smallest absolute Gasteiger partial charge is 0.353 e. The van der Waals surface area contributed by atoms with Gasteiger partial charge in [0.25, 0.3) is 0 Å². The van der Waals surface area contributed by atoms with Crippen LogP contribution < -0.4 is 5.32 Å². The molecule has 0 amide bonds. The third-order valence-corrected chi connectivity index (χ3v) is 3.67. The van der Waals surface area contributed by atoms with Gasteiger partial charge in [-0.15, -0.1) is 0 Å². The molecular formula is C14H21F3N2. The Morgan fingerprint density at radius 3 is 2.79 bits per heavy atom. The standard InChI is InChI=1S/C14H21F3N2/c1-2-18-13-6-4-3-5-11-9-19(10-12(11)13)8-7-14(15,16)17/h9-10,13,18H,2-8H2,1H3. The Bertz CT molecular complexity index is 409. The van der Waals surface area contributed by atoms with Crippen LogP contribution in [0.15, 0.2) is 12.4 Å². The fraction of sp³-hybridized carbons (Fsp3) is 0.714. The number of hydrogen-bond acceptors (Lipinski definition) is 1. The van der Waals surface area contributed by atoms with Gasteiger partial charge in [-0.25, -0.2) is 0 Å². The lowest BCUT2D eigenvalue weighted by atomic mass is 10.0. The highest BCUT2D eigenvalue weighted by molar-refractivity contribution is 5.29. The van der Waals surface area contributed by atoms with E-state index < -0.39 is 12.6 Å². The molecule has 0 bridgehead atoms. The van der Waals surface area contributed by atoms with Crippen LogP contribution >= 0.6 is 0 Å². The average Bonchev–Trinajstić information content (AvgIpc) is 2.65. The number of halogens is 3. The van der Waals surface area contributed by atoms with Gasteiger partial charge >= 0.3 is 6.18 Å². The fourth-order valence-corrected chi connectivity index (χ4v) is 2.76. The molecule has 2 nitrogen and oxygen atoms in total. The summed E-state index contributed by atoms with van der Waals surface area (Å²) in [7, 11) is 0. The highest BCUT2D eigenvalue weighted by atomic mass is 19.4. The second-order valence-electron chi connectivity index (χ2n) is 5.20. The van der Waals surface area contributed by atoms with Crippen molar-refractivity contribution >= 4 is 0 Å². The monoisotopic (exact) mass is 274 g/mol. The summed E-state index contributed by atoms with van der Waals surface area (Å²) in [6, 6.07) is 0.301. The van der Waals surface area contributed by atoms with Gasteiger partial charge in [0.2, 0.25) is 0 Å². The summed E-state index contributed by atoms with van der Waals surface area (Å²) < 4.78 is 38.5. The zero-order valence-electron chi connectivity index (χ0n) is 11.3. The van der Waals surface area contributed by atoms with Gasteiger partial charge in [-0.2, -0.15) is 13.2 Å². The molecule has 0 spiro atoms. The number of nitrogens with one attached hydrogen (secondary N) is 1. The summed E-state index contributed by atoms with van der Waals surface area (Å²) in [5.74, 6) is 0. The topological polar surface area (TPSA) is 17.0 Å². The largest absolute Gasteiger partial charge is 0.390 e. The van der Waals surface area contributed by atoms with Crippen molar-refractivity contribution in [3.8, 4) is 0 Å². The predicted octanol–water partition coefficient (Wildman–Crippen LogP) is 3.82. The lowest BCUT2D eigenvalue weighted by Gasteiger charge is -2.15. The summed E-state index contributed by atoms with van der Waals surface area (Å²) in [4.78, 5) is 0.